The molecule has 0 aliphatic heterocycles. The number of carbonyl (C=O) groups excluding carboxylic acids is 1. The average Bonchev–Trinajstić information content (AvgIpc) is 2.55. The molecular weight excluding hydrogens is 334 g/mol. The number of nitrogens with one attached hydrogen (secondary N) is 2. The number of nitro benzene ring substituents is 1. The van der Waals surface area contributed by atoms with Crippen LogP contribution >= 0.6 is 11.6 Å². The van der Waals surface area contributed by atoms with Crippen molar-refractivity contribution in [2.75, 3.05) is 17.7 Å². The van der Waals surface area contributed by atoms with Gasteiger partial charge in [-0.05, 0) is 31.2 Å². The van der Waals surface area contributed by atoms with Crippen molar-refractivity contribution in [2.24, 2.45) is 0 Å². The van der Waals surface area contributed by atoms with Crippen LogP contribution in [0, 0.1) is 10.1 Å². The van der Waals surface area contributed by atoms with Gasteiger partial charge in [-0.1, -0.05) is 17.7 Å². The molecular formula is C16H16ClN3O4. The van der Waals surface area contributed by atoms with Gasteiger partial charge in [0.05, 0.1) is 17.1 Å². The summed E-state index contributed by atoms with van der Waals surface area (Å²) in [4.78, 5) is 22.5. The van der Waals surface area contributed by atoms with Crippen LogP contribution in [-0.2, 0) is 4.79 Å². The normalized spacial score (nSPS) is 11.5. The van der Waals surface area contributed by atoms with Gasteiger partial charge in [-0.15, -0.1) is 0 Å². The third-order valence-electron chi connectivity index (χ3n) is 3.25. The summed E-state index contributed by atoms with van der Waals surface area (Å²) in [5, 5.41) is 16.8. The number of halogens is 1. The van der Waals surface area contributed by atoms with Crippen LogP contribution in [0.2, 0.25) is 5.02 Å². The maximum Gasteiger partial charge on any atom is 0.271 e. The van der Waals surface area contributed by atoms with Crippen molar-refractivity contribution in [3.8, 4) is 5.75 Å². The minimum Gasteiger partial charge on any atom is -0.495 e. The lowest BCUT2D eigenvalue weighted by Crippen LogP contribution is -2.31. The van der Waals surface area contributed by atoms with Crippen LogP contribution in [0.1, 0.15) is 6.92 Å². The Labute approximate surface area is 143 Å². The van der Waals surface area contributed by atoms with Crippen LogP contribution in [0.3, 0.4) is 0 Å². The van der Waals surface area contributed by atoms with E-state index in [0.717, 1.165) is 0 Å². The van der Waals surface area contributed by atoms with E-state index < -0.39 is 11.0 Å². The van der Waals surface area contributed by atoms with Gasteiger partial charge >= 0.3 is 0 Å². The van der Waals surface area contributed by atoms with Crippen molar-refractivity contribution >= 4 is 34.6 Å². The zero-order chi connectivity index (χ0) is 17.7. The molecule has 0 bridgehead atoms. The molecule has 2 N–H and O–H groups in total. The van der Waals surface area contributed by atoms with Crippen molar-refractivity contribution in [3.05, 3.63) is 57.6 Å². The van der Waals surface area contributed by atoms with E-state index in [1.807, 2.05) is 0 Å². The molecule has 0 heterocycles. The number of carbonyl (C=O) groups is 1. The van der Waals surface area contributed by atoms with Crippen LogP contribution in [0.25, 0.3) is 0 Å². The molecule has 0 saturated heterocycles. The summed E-state index contributed by atoms with van der Waals surface area (Å²) in [5.74, 6) is 0.208. The molecule has 1 amide bonds. The standard InChI is InChI=1S/C16H16ClN3O4/c1-10(18-11-4-3-5-13(8-11)20(22)23)16(21)19-12-6-7-15(24-2)14(17)9-12/h3-10,18H,1-2H3,(H,19,21)/t10-/m0/s1. The monoisotopic (exact) mass is 349 g/mol. The summed E-state index contributed by atoms with van der Waals surface area (Å²) in [7, 11) is 1.50. The Hall–Kier alpha value is -2.80. The minimum absolute atomic E-state index is 0.0467. The number of amides is 1. The van der Waals surface area contributed by atoms with Crippen LogP contribution < -0.4 is 15.4 Å². The van der Waals surface area contributed by atoms with Crippen LogP contribution in [0.5, 0.6) is 5.75 Å². The van der Waals surface area contributed by atoms with E-state index >= 15 is 0 Å². The van der Waals surface area contributed by atoms with Crippen LogP contribution in [0.15, 0.2) is 42.5 Å². The smallest absolute Gasteiger partial charge is 0.271 e. The first-order valence-corrected chi connectivity index (χ1v) is 7.44. The van der Waals surface area contributed by atoms with Gasteiger partial charge in [0, 0.05) is 23.5 Å². The van der Waals surface area contributed by atoms with E-state index in [4.69, 9.17) is 16.3 Å². The molecule has 8 heteroatoms. The second-order valence-corrected chi connectivity index (χ2v) is 5.42. The van der Waals surface area contributed by atoms with Gasteiger partial charge in [-0.3, -0.25) is 14.9 Å². The maximum atomic E-state index is 12.2. The predicted molar refractivity (Wildman–Crippen MR) is 92.8 cm³/mol. The number of hydrogen-bond acceptors (Lipinski definition) is 5. The number of rotatable bonds is 6. The molecule has 7 nitrogen and oxygen atoms in total. The molecule has 2 aromatic carbocycles. The summed E-state index contributed by atoms with van der Waals surface area (Å²) in [6.07, 6.45) is 0. The lowest BCUT2D eigenvalue weighted by atomic mass is 10.2. The topological polar surface area (TPSA) is 93.5 Å². The molecule has 126 valence electrons. The Kier molecular flexibility index (Phi) is 5.59. The van der Waals surface area contributed by atoms with Crippen LogP contribution in [-0.4, -0.2) is 24.0 Å². The van der Waals surface area contributed by atoms with Gasteiger partial charge in [0.15, 0.2) is 0 Å². The van der Waals surface area contributed by atoms with Gasteiger partial charge in [-0.2, -0.15) is 0 Å². The highest BCUT2D eigenvalue weighted by Gasteiger charge is 2.15. The van der Waals surface area contributed by atoms with Gasteiger partial charge in [0.2, 0.25) is 5.91 Å². The predicted octanol–water partition coefficient (Wildman–Crippen LogP) is 3.70. The Morgan fingerprint density at radius 2 is 2.00 bits per heavy atom. The number of ether oxygens (including phenoxy) is 1. The van der Waals surface area contributed by atoms with E-state index in [1.54, 1.807) is 37.3 Å². The molecule has 2 aromatic rings. The molecule has 0 aliphatic rings. The second-order valence-electron chi connectivity index (χ2n) is 5.01. The number of methoxy groups -OCH3 is 1. The zero-order valence-electron chi connectivity index (χ0n) is 13.1. The third-order valence-corrected chi connectivity index (χ3v) is 3.55. The number of nitro groups is 1. The SMILES string of the molecule is COc1ccc(NC(=O)[C@H](C)Nc2cccc([N+](=O)[O-])c2)cc1Cl. The Morgan fingerprint density at radius 3 is 2.62 bits per heavy atom. The van der Waals surface area contributed by atoms with Crippen molar-refractivity contribution in [1.82, 2.24) is 0 Å². The van der Waals surface area contributed by atoms with Gasteiger partial charge in [0.1, 0.15) is 11.8 Å². The number of nitrogens with zero attached hydrogens (tertiary/aromatic N) is 1. The summed E-state index contributed by atoms with van der Waals surface area (Å²) in [6, 6.07) is 10.3. The summed E-state index contributed by atoms with van der Waals surface area (Å²) in [5.41, 5.74) is 0.965. The highest BCUT2D eigenvalue weighted by atomic mass is 35.5. The van der Waals surface area contributed by atoms with E-state index in [-0.39, 0.29) is 11.6 Å². The molecule has 0 aromatic heterocycles. The maximum absolute atomic E-state index is 12.2. The molecule has 2 rings (SSSR count). The van der Waals surface area contributed by atoms with Gasteiger partial charge in [0.25, 0.3) is 5.69 Å². The second kappa shape index (κ2) is 7.65. The highest BCUT2D eigenvalue weighted by Crippen LogP contribution is 2.27. The summed E-state index contributed by atoms with van der Waals surface area (Å²) in [6.45, 7) is 1.65. The Balaban J connectivity index is 2.03. The van der Waals surface area contributed by atoms with E-state index in [9.17, 15) is 14.9 Å². The lowest BCUT2D eigenvalue weighted by Gasteiger charge is -2.15. The fourth-order valence-corrected chi connectivity index (χ4v) is 2.28. The molecule has 1 atom stereocenters. The molecule has 0 saturated carbocycles. The molecule has 0 radical (unpaired) electrons. The molecule has 0 unspecified atom stereocenters. The first-order chi connectivity index (χ1) is 11.4. The molecule has 24 heavy (non-hydrogen) atoms. The average molecular weight is 350 g/mol. The van der Waals surface area contributed by atoms with Crippen molar-refractivity contribution in [3.63, 3.8) is 0 Å². The molecule has 0 spiro atoms. The summed E-state index contributed by atoms with van der Waals surface area (Å²) >= 11 is 6.01. The Morgan fingerprint density at radius 1 is 1.25 bits per heavy atom. The number of benzene rings is 2. The number of non-ortho nitro benzene ring substituents is 1. The number of hydrogen-bond donors (Lipinski definition) is 2. The molecule has 0 aliphatic carbocycles. The Bertz CT molecular complexity index is 767. The van der Waals surface area contributed by atoms with Gasteiger partial charge < -0.3 is 15.4 Å². The minimum atomic E-state index is -0.604. The van der Waals surface area contributed by atoms with Gasteiger partial charge in [-0.25, -0.2) is 0 Å². The molecule has 0 fully saturated rings. The third kappa shape index (κ3) is 4.36. The van der Waals surface area contributed by atoms with Crippen molar-refractivity contribution < 1.29 is 14.5 Å². The van der Waals surface area contributed by atoms with Crippen LogP contribution in [0.4, 0.5) is 17.1 Å². The van der Waals surface area contributed by atoms with E-state index in [0.29, 0.717) is 22.1 Å². The first-order valence-electron chi connectivity index (χ1n) is 7.06. The highest BCUT2D eigenvalue weighted by molar-refractivity contribution is 6.32. The van der Waals surface area contributed by atoms with Crippen molar-refractivity contribution in [1.29, 1.82) is 0 Å². The largest absolute Gasteiger partial charge is 0.495 e. The fraction of sp³-hybridized carbons (Fsp3) is 0.188. The zero-order valence-corrected chi connectivity index (χ0v) is 13.8. The fourth-order valence-electron chi connectivity index (χ4n) is 2.02. The quantitative estimate of drug-likeness (QED) is 0.612. The van der Waals surface area contributed by atoms with E-state index in [1.165, 1.54) is 19.2 Å². The van der Waals surface area contributed by atoms with Crippen molar-refractivity contribution in [2.45, 2.75) is 13.0 Å². The lowest BCUT2D eigenvalue weighted by molar-refractivity contribution is -0.384. The first kappa shape index (κ1) is 17.6. The van der Waals surface area contributed by atoms with E-state index in [2.05, 4.69) is 10.6 Å². The number of anilines is 2. The summed E-state index contributed by atoms with van der Waals surface area (Å²) < 4.78 is 5.05.